The SMILES string of the molecule is CSc1nnc(C)n1-c1ccc(C(=O)OC(C)C(=O)Nc2ccc(Oc3ccccc3)cc2)cc1. The second kappa shape index (κ2) is 10.9. The predicted octanol–water partition coefficient (Wildman–Crippen LogP) is 5.27. The van der Waals surface area contributed by atoms with Crippen LogP contribution in [-0.4, -0.2) is 39.0 Å². The van der Waals surface area contributed by atoms with Crippen LogP contribution < -0.4 is 10.1 Å². The van der Waals surface area contributed by atoms with Gasteiger partial charge in [0.1, 0.15) is 17.3 Å². The molecule has 0 spiro atoms. The molecule has 178 valence electrons. The van der Waals surface area contributed by atoms with Crippen molar-refractivity contribution in [2.24, 2.45) is 0 Å². The number of aromatic nitrogens is 3. The highest BCUT2D eigenvalue weighted by Crippen LogP contribution is 2.23. The fraction of sp³-hybridized carbons (Fsp3) is 0.154. The van der Waals surface area contributed by atoms with E-state index in [1.807, 2.05) is 48.1 Å². The van der Waals surface area contributed by atoms with Crippen molar-refractivity contribution in [2.75, 3.05) is 11.6 Å². The fourth-order valence-electron chi connectivity index (χ4n) is 3.28. The van der Waals surface area contributed by atoms with E-state index in [0.29, 0.717) is 17.0 Å². The number of hydrogen-bond donors (Lipinski definition) is 1. The first-order valence-corrected chi connectivity index (χ1v) is 12.1. The molecule has 0 fully saturated rings. The third-order valence-electron chi connectivity index (χ3n) is 5.09. The normalized spacial score (nSPS) is 11.5. The van der Waals surface area contributed by atoms with Gasteiger partial charge in [-0.05, 0) is 80.8 Å². The number of carbonyl (C=O) groups excluding carboxylic acids is 2. The standard InChI is InChI=1S/C26H24N4O4S/c1-17(24(31)27-20-11-15-23(16-12-20)34-22-7-5-4-6-8-22)33-25(32)19-9-13-21(14-10-19)30-18(2)28-29-26(30)35-3/h4-17H,1-3H3,(H,27,31). The molecule has 0 aliphatic rings. The molecular formula is C26H24N4O4S. The molecule has 1 unspecified atom stereocenters. The van der Waals surface area contributed by atoms with Crippen molar-refractivity contribution >= 4 is 29.3 Å². The van der Waals surface area contributed by atoms with Crippen molar-refractivity contribution in [3.8, 4) is 17.2 Å². The van der Waals surface area contributed by atoms with Crippen molar-refractivity contribution in [2.45, 2.75) is 25.1 Å². The highest BCUT2D eigenvalue weighted by atomic mass is 32.2. The Balaban J connectivity index is 1.33. The number of anilines is 1. The summed E-state index contributed by atoms with van der Waals surface area (Å²) in [6, 6.07) is 23.2. The smallest absolute Gasteiger partial charge is 0.338 e. The maximum atomic E-state index is 12.6. The molecule has 0 saturated carbocycles. The average Bonchev–Trinajstić information content (AvgIpc) is 3.26. The zero-order valence-corrected chi connectivity index (χ0v) is 20.3. The van der Waals surface area contributed by atoms with E-state index in [-0.39, 0.29) is 0 Å². The Bertz CT molecular complexity index is 1310. The summed E-state index contributed by atoms with van der Waals surface area (Å²) in [4.78, 5) is 25.1. The number of amides is 1. The summed E-state index contributed by atoms with van der Waals surface area (Å²) in [5, 5.41) is 11.7. The van der Waals surface area contributed by atoms with E-state index >= 15 is 0 Å². The molecule has 4 rings (SSSR count). The van der Waals surface area contributed by atoms with Gasteiger partial charge in [-0.3, -0.25) is 9.36 Å². The Labute approximate surface area is 207 Å². The molecule has 8 nitrogen and oxygen atoms in total. The van der Waals surface area contributed by atoms with Gasteiger partial charge in [0.25, 0.3) is 5.91 Å². The predicted molar refractivity (Wildman–Crippen MR) is 134 cm³/mol. The lowest BCUT2D eigenvalue weighted by molar-refractivity contribution is -0.123. The van der Waals surface area contributed by atoms with Crippen LogP contribution in [0.25, 0.3) is 5.69 Å². The molecule has 1 amide bonds. The van der Waals surface area contributed by atoms with Gasteiger partial charge in [-0.25, -0.2) is 4.79 Å². The van der Waals surface area contributed by atoms with E-state index in [4.69, 9.17) is 9.47 Å². The van der Waals surface area contributed by atoms with Gasteiger partial charge in [0.05, 0.1) is 5.56 Å². The van der Waals surface area contributed by atoms with Gasteiger partial charge in [-0.1, -0.05) is 30.0 Å². The Hall–Kier alpha value is -4.11. The topological polar surface area (TPSA) is 95.3 Å². The number of rotatable bonds is 8. The number of ether oxygens (including phenoxy) is 2. The van der Waals surface area contributed by atoms with Gasteiger partial charge in [-0.2, -0.15) is 0 Å². The first kappa shape index (κ1) is 24.0. The summed E-state index contributed by atoms with van der Waals surface area (Å²) in [6.07, 6.45) is 0.941. The maximum absolute atomic E-state index is 12.6. The Morgan fingerprint density at radius 2 is 1.57 bits per heavy atom. The van der Waals surface area contributed by atoms with Gasteiger partial charge in [0.2, 0.25) is 0 Å². The van der Waals surface area contributed by atoms with Crippen LogP contribution in [-0.2, 0) is 9.53 Å². The second-order valence-electron chi connectivity index (χ2n) is 7.59. The third-order valence-corrected chi connectivity index (χ3v) is 5.72. The summed E-state index contributed by atoms with van der Waals surface area (Å²) < 4.78 is 13.0. The maximum Gasteiger partial charge on any atom is 0.338 e. The fourth-order valence-corrected chi connectivity index (χ4v) is 3.82. The molecule has 0 saturated heterocycles. The minimum absolute atomic E-state index is 0.340. The molecule has 0 radical (unpaired) electrons. The van der Waals surface area contributed by atoms with Crippen molar-refractivity contribution < 1.29 is 19.1 Å². The summed E-state index contributed by atoms with van der Waals surface area (Å²) >= 11 is 1.48. The van der Waals surface area contributed by atoms with Crippen molar-refractivity contribution in [1.29, 1.82) is 0 Å². The van der Waals surface area contributed by atoms with E-state index in [9.17, 15) is 9.59 Å². The van der Waals surface area contributed by atoms with Crippen LogP contribution >= 0.6 is 11.8 Å². The monoisotopic (exact) mass is 488 g/mol. The van der Waals surface area contributed by atoms with Crippen LogP contribution in [0.2, 0.25) is 0 Å². The zero-order chi connectivity index (χ0) is 24.8. The van der Waals surface area contributed by atoms with E-state index in [2.05, 4.69) is 15.5 Å². The molecule has 0 aliphatic carbocycles. The Morgan fingerprint density at radius 1 is 0.914 bits per heavy atom. The summed E-state index contributed by atoms with van der Waals surface area (Å²) in [6.45, 7) is 3.39. The van der Waals surface area contributed by atoms with Crippen LogP contribution in [0, 0.1) is 6.92 Å². The summed E-state index contributed by atoms with van der Waals surface area (Å²) in [7, 11) is 0. The first-order valence-electron chi connectivity index (χ1n) is 10.9. The van der Waals surface area contributed by atoms with Gasteiger partial charge in [0, 0.05) is 11.4 Å². The molecule has 1 aromatic heterocycles. The van der Waals surface area contributed by atoms with Gasteiger partial charge in [-0.15, -0.1) is 10.2 Å². The number of thioether (sulfide) groups is 1. The molecule has 3 aromatic carbocycles. The van der Waals surface area contributed by atoms with Gasteiger partial charge < -0.3 is 14.8 Å². The van der Waals surface area contributed by atoms with Crippen LogP contribution in [0.3, 0.4) is 0 Å². The summed E-state index contributed by atoms with van der Waals surface area (Å²) in [5.41, 5.74) is 1.74. The molecule has 1 N–H and O–H groups in total. The van der Waals surface area contributed by atoms with Crippen LogP contribution in [0.4, 0.5) is 5.69 Å². The third kappa shape index (κ3) is 5.88. The highest BCUT2D eigenvalue weighted by Gasteiger charge is 2.19. The first-order chi connectivity index (χ1) is 16.9. The number of para-hydroxylation sites is 1. The number of nitrogens with one attached hydrogen (secondary N) is 1. The number of esters is 1. The van der Waals surface area contributed by atoms with Crippen molar-refractivity contribution in [3.63, 3.8) is 0 Å². The molecule has 1 atom stereocenters. The molecule has 0 bridgehead atoms. The minimum Gasteiger partial charge on any atom is -0.457 e. The molecule has 9 heteroatoms. The van der Waals surface area contributed by atoms with E-state index in [0.717, 1.165) is 22.4 Å². The minimum atomic E-state index is -0.981. The van der Waals surface area contributed by atoms with Crippen molar-refractivity contribution in [3.05, 3.63) is 90.3 Å². The summed E-state index contributed by atoms with van der Waals surface area (Å²) in [5.74, 6) is 1.09. The molecule has 0 aliphatic heterocycles. The van der Waals surface area contributed by atoms with Crippen molar-refractivity contribution in [1.82, 2.24) is 14.8 Å². The largest absolute Gasteiger partial charge is 0.457 e. The molecule has 1 heterocycles. The van der Waals surface area contributed by atoms with Gasteiger partial charge in [0.15, 0.2) is 11.3 Å². The number of nitrogens with zero attached hydrogens (tertiary/aromatic N) is 3. The Morgan fingerprint density at radius 3 is 2.23 bits per heavy atom. The lowest BCUT2D eigenvalue weighted by Crippen LogP contribution is -2.30. The Kier molecular flexibility index (Phi) is 7.47. The van der Waals surface area contributed by atoms with Crippen LogP contribution in [0.1, 0.15) is 23.1 Å². The van der Waals surface area contributed by atoms with E-state index in [1.165, 1.54) is 18.7 Å². The van der Waals surface area contributed by atoms with Crippen LogP contribution in [0.5, 0.6) is 11.5 Å². The quantitative estimate of drug-likeness (QED) is 0.266. The lowest BCUT2D eigenvalue weighted by Gasteiger charge is -2.14. The lowest BCUT2D eigenvalue weighted by atomic mass is 10.2. The average molecular weight is 489 g/mol. The van der Waals surface area contributed by atoms with E-state index in [1.54, 1.807) is 48.5 Å². The number of benzene rings is 3. The molecular weight excluding hydrogens is 464 g/mol. The zero-order valence-electron chi connectivity index (χ0n) is 19.5. The molecule has 35 heavy (non-hydrogen) atoms. The number of hydrogen-bond acceptors (Lipinski definition) is 7. The highest BCUT2D eigenvalue weighted by molar-refractivity contribution is 7.98. The number of aryl methyl sites for hydroxylation is 1. The van der Waals surface area contributed by atoms with E-state index < -0.39 is 18.0 Å². The second-order valence-corrected chi connectivity index (χ2v) is 8.37. The number of carbonyl (C=O) groups is 2. The molecule has 4 aromatic rings. The van der Waals surface area contributed by atoms with Crippen LogP contribution in [0.15, 0.2) is 84.0 Å². The van der Waals surface area contributed by atoms with Gasteiger partial charge >= 0.3 is 5.97 Å².